The number of carbonyl (C=O) groups excluding carboxylic acids is 1. The Morgan fingerprint density at radius 1 is 1.20 bits per heavy atom. The SMILES string of the molecule is CCCC=C1CCN(CC(C)CN2C(=O)CSc3ccccc32)CC1. The fraction of sp³-hybridized carbons (Fsp3) is 0.571. The first kappa shape index (κ1) is 18.5. The van der Waals surface area contributed by atoms with Crippen molar-refractivity contribution in [2.75, 3.05) is 36.8 Å². The van der Waals surface area contributed by atoms with Crippen LogP contribution < -0.4 is 4.90 Å². The Kier molecular flexibility index (Phi) is 6.60. The van der Waals surface area contributed by atoms with E-state index in [4.69, 9.17) is 0 Å². The molecule has 1 saturated heterocycles. The number of unbranched alkanes of at least 4 members (excludes halogenated alkanes) is 1. The topological polar surface area (TPSA) is 23.6 Å². The number of nitrogens with zero attached hydrogens (tertiary/aromatic N) is 2. The predicted octanol–water partition coefficient (Wildman–Crippen LogP) is 4.58. The molecule has 0 spiro atoms. The molecule has 4 heteroatoms. The predicted molar refractivity (Wildman–Crippen MR) is 107 cm³/mol. The van der Waals surface area contributed by atoms with Crippen LogP contribution in [-0.4, -0.2) is 42.7 Å². The molecule has 0 radical (unpaired) electrons. The zero-order chi connectivity index (χ0) is 17.6. The van der Waals surface area contributed by atoms with E-state index in [1.165, 1.54) is 43.7 Å². The summed E-state index contributed by atoms with van der Waals surface area (Å²) < 4.78 is 0. The molecular weight excluding hydrogens is 328 g/mol. The van der Waals surface area contributed by atoms with Crippen LogP contribution in [-0.2, 0) is 4.79 Å². The summed E-state index contributed by atoms with van der Waals surface area (Å²) in [5.74, 6) is 1.30. The molecule has 0 aromatic heterocycles. The van der Waals surface area contributed by atoms with Gasteiger partial charge >= 0.3 is 0 Å². The lowest BCUT2D eigenvalue weighted by Gasteiger charge is -2.34. The summed E-state index contributed by atoms with van der Waals surface area (Å²) >= 11 is 1.66. The standard InChI is InChI=1S/C21H30N2OS/c1-3-4-7-18-10-12-22(13-11-18)14-17(2)15-23-19-8-5-6-9-20(19)25-16-21(23)24/h5-9,17H,3-4,10-16H2,1-2H3. The maximum absolute atomic E-state index is 12.4. The molecule has 25 heavy (non-hydrogen) atoms. The number of para-hydroxylation sites is 1. The van der Waals surface area contributed by atoms with Crippen molar-refractivity contribution in [3.8, 4) is 0 Å². The van der Waals surface area contributed by atoms with Crippen molar-refractivity contribution in [2.24, 2.45) is 5.92 Å². The number of fused-ring (bicyclic) bond motifs is 1. The Morgan fingerprint density at radius 2 is 1.96 bits per heavy atom. The van der Waals surface area contributed by atoms with E-state index >= 15 is 0 Å². The number of amides is 1. The minimum atomic E-state index is 0.249. The van der Waals surface area contributed by atoms with Crippen LogP contribution in [0.5, 0.6) is 0 Å². The number of allylic oxidation sites excluding steroid dienone is 1. The van der Waals surface area contributed by atoms with Gasteiger partial charge in [-0.05, 0) is 37.3 Å². The average molecular weight is 359 g/mol. The molecule has 0 N–H and O–H groups in total. The summed E-state index contributed by atoms with van der Waals surface area (Å²) in [7, 11) is 0. The molecule has 1 amide bonds. The number of hydrogen-bond acceptors (Lipinski definition) is 3. The van der Waals surface area contributed by atoms with Crippen molar-refractivity contribution in [1.82, 2.24) is 4.90 Å². The van der Waals surface area contributed by atoms with Gasteiger partial charge in [-0.2, -0.15) is 0 Å². The largest absolute Gasteiger partial charge is 0.310 e. The third-order valence-electron chi connectivity index (χ3n) is 5.09. The van der Waals surface area contributed by atoms with Gasteiger partial charge in [0.25, 0.3) is 0 Å². The Bertz CT molecular complexity index is 618. The second kappa shape index (κ2) is 8.91. The highest BCUT2D eigenvalue weighted by atomic mass is 32.2. The summed E-state index contributed by atoms with van der Waals surface area (Å²) in [6.07, 6.45) is 7.35. The van der Waals surface area contributed by atoms with Crippen molar-refractivity contribution in [1.29, 1.82) is 0 Å². The molecule has 1 aromatic carbocycles. The first-order valence-corrected chi connectivity index (χ1v) is 10.6. The van der Waals surface area contributed by atoms with E-state index in [0.29, 0.717) is 11.7 Å². The van der Waals surface area contributed by atoms with Crippen LogP contribution in [0.25, 0.3) is 0 Å². The van der Waals surface area contributed by atoms with Crippen LogP contribution in [0.3, 0.4) is 0 Å². The van der Waals surface area contributed by atoms with Gasteiger partial charge in [-0.3, -0.25) is 4.79 Å². The van der Waals surface area contributed by atoms with Gasteiger partial charge in [-0.15, -0.1) is 11.8 Å². The number of rotatable bonds is 6. The minimum absolute atomic E-state index is 0.249. The summed E-state index contributed by atoms with van der Waals surface area (Å²) in [6.45, 7) is 8.76. The van der Waals surface area contributed by atoms with Crippen molar-refractivity contribution >= 4 is 23.4 Å². The summed E-state index contributed by atoms with van der Waals surface area (Å²) in [5.41, 5.74) is 2.74. The lowest BCUT2D eigenvalue weighted by atomic mass is 10.0. The van der Waals surface area contributed by atoms with Crippen LogP contribution in [0.1, 0.15) is 39.5 Å². The van der Waals surface area contributed by atoms with Gasteiger partial charge in [0.1, 0.15) is 0 Å². The molecular formula is C21H30N2OS. The Balaban J connectivity index is 1.53. The molecule has 0 aliphatic carbocycles. The number of piperidine rings is 1. The second-order valence-corrected chi connectivity index (χ2v) is 8.33. The summed E-state index contributed by atoms with van der Waals surface area (Å²) in [5, 5.41) is 0. The lowest BCUT2D eigenvalue weighted by Crippen LogP contribution is -2.42. The number of hydrogen-bond donors (Lipinski definition) is 0. The van der Waals surface area contributed by atoms with E-state index in [1.54, 1.807) is 17.3 Å². The highest BCUT2D eigenvalue weighted by molar-refractivity contribution is 8.00. The van der Waals surface area contributed by atoms with Crippen molar-refractivity contribution < 1.29 is 4.79 Å². The molecule has 1 aromatic rings. The first-order chi connectivity index (χ1) is 12.2. The van der Waals surface area contributed by atoms with E-state index in [9.17, 15) is 4.79 Å². The zero-order valence-corrected chi connectivity index (χ0v) is 16.4. The highest BCUT2D eigenvalue weighted by Gasteiger charge is 2.26. The van der Waals surface area contributed by atoms with Crippen LogP contribution in [0.15, 0.2) is 40.8 Å². The maximum atomic E-state index is 12.4. The highest BCUT2D eigenvalue weighted by Crippen LogP contribution is 2.35. The molecule has 0 saturated carbocycles. The van der Waals surface area contributed by atoms with Crippen LogP contribution in [0, 0.1) is 5.92 Å². The smallest absolute Gasteiger partial charge is 0.237 e. The van der Waals surface area contributed by atoms with Gasteiger partial charge in [0.2, 0.25) is 5.91 Å². The molecule has 3 nitrogen and oxygen atoms in total. The molecule has 1 unspecified atom stereocenters. The first-order valence-electron chi connectivity index (χ1n) is 9.59. The van der Waals surface area contributed by atoms with E-state index in [0.717, 1.165) is 18.8 Å². The summed E-state index contributed by atoms with van der Waals surface area (Å²) in [6, 6.07) is 8.29. The van der Waals surface area contributed by atoms with E-state index in [2.05, 4.69) is 43.0 Å². The fourth-order valence-corrected chi connectivity index (χ4v) is 4.68. The minimum Gasteiger partial charge on any atom is -0.310 e. The zero-order valence-electron chi connectivity index (χ0n) is 15.5. The molecule has 2 aliphatic rings. The molecule has 1 atom stereocenters. The van der Waals surface area contributed by atoms with E-state index in [1.807, 2.05) is 11.0 Å². The molecule has 0 bridgehead atoms. The Hall–Kier alpha value is -1.26. The number of benzene rings is 1. The molecule has 2 heterocycles. The molecule has 2 aliphatic heterocycles. The van der Waals surface area contributed by atoms with Crippen molar-refractivity contribution in [3.05, 3.63) is 35.9 Å². The lowest BCUT2D eigenvalue weighted by molar-refractivity contribution is -0.116. The van der Waals surface area contributed by atoms with Crippen molar-refractivity contribution in [2.45, 2.75) is 44.4 Å². The Morgan fingerprint density at radius 3 is 2.72 bits per heavy atom. The fourth-order valence-electron chi connectivity index (χ4n) is 3.74. The molecule has 1 fully saturated rings. The van der Waals surface area contributed by atoms with Gasteiger partial charge in [-0.1, -0.05) is 44.1 Å². The quantitative estimate of drug-likeness (QED) is 0.695. The van der Waals surface area contributed by atoms with Gasteiger partial charge in [-0.25, -0.2) is 0 Å². The number of thioether (sulfide) groups is 1. The van der Waals surface area contributed by atoms with Gasteiger partial charge in [0.05, 0.1) is 11.4 Å². The maximum Gasteiger partial charge on any atom is 0.237 e. The Labute approximate surface area is 156 Å². The monoisotopic (exact) mass is 358 g/mol. The number of likely N-dealkylation sites (tertiary alicyclic amines) is 1. The molecule has 136 valence electrons. The van der Waals surface area contributed by atoms with Crippen LogP contribution in [0.2, 0.25) is 0 Å². The van der Waals surface area contributed by atoms with E-state index < -0.39 is 0 Å². The normalized spacial score (nSPS) is 19.7. The van der Waals surface area contributed by atoms with Gasteiger partial charge in [0, 0.05) is 31.1 Å². The van der Waals surface area contributed by atoms with Gasteiger partial charge < -0.3 is 9.80 Å². The van der Waals surface area contributed by atoms with Gasteiger partial charge in [0.15, 0.2) is 0 Å². The average Bonchev–Trinajstić information content (AvgIpc) is 2.63. The van der Waals surface area contributed by atoms with Crippen molar-refractivity contribution in [3.63, 3.8) is 0 Å². The third kappa shape index (κ3) is 4.89. The molecule has 3 rings (SSSR count). The summed E-state index contributed by atoms with van der Waals surface area (Å²) in [4.78, 5) is 18.2. The second-order valence-electron chi connectivity index (χ2n) is 7.32. The van der Waals surface area contributed by atoms with Crippen LogP contribution in [0.4, 0.5) is 5.69 Å². The number of carbonyl (C=O) groups is 1. The third-order valence-corrected chi connectivity index (χ3v) is 6.14. The van der Waals surface area contributed by atoms with Crippen LogP contribution >= 0.6 is 11.8 Å². The number of anilines is 1. The van der Waals surface area contributed by atoms with E-state index in [-0.39, 0.29) is 5.91 Å².